The average Bonchev–Trinajstić information content (AvgIpc) is 3.60. The smallest absolute Gasteiger partial charge is 0.319 e. The van der Waals surface area contributed by atoms with Gasteiger partial charge in [0.2, 0.25) is 5.91 Å². The van der Waals surface area contributed by atoms with Crippen molar-refractivity contribution in [1.29, 1.82) is 0 Å². The molecule has 1 amide bonds. The number of H-pyrrole nitrogens is 1. The van der Waals surface area contributed by atoms with Crippen LogP contribution in [-0.4, -0.2) is 38.4 Å². The summed E-state index contributed by atoms with van der Waals surface area (Å²) in [6.07, 6.45) is 3.30. The number of fused-ring (bicyclic) bond motifs is 1. The first kappa shape index (κ1) is 23.3. The molecule has 8 heteroatoms. The van der Waals surface area contributed by atoms with Gasteiger partial charge in [-0.3, -0.25) is 9.59 Å². The third kappa shape index (κ3) is 4.25. The molecule has 1 aromatic heterocycles. The van der Waals surface area contributed by atoms with Crippen LogP contribution in [0.15, 0.2) is 72.9 Å². The fourth-order valence-corrected chi connectivity index (χ4v) is 5.22. The minimum atomic E-state index is -1.21. The number of hydrogen-bond acceptors (Lipinski definition) is 4. The Kier molecular flexibility index (Phi) is 5.72. The topological polar surface area (TPSA) is 98.3 Å². The first-order valence-corrected chi connectivity index (χ1v) is 12.6. The number of hydrogen-bond donors (Lipinski definition) is 3. The van der Waals surface area contributed by atoms with Gasteiger partial charge in [-0.1, -0.05) is 54.1 Å². The van der Waals surface area contributed by atoms with Crippen LogP contribution in [0.1, 0.15) is 24.0 Å². The van der Waals surface area contributed by atoms with E-state index in [9.17, 15) is 14.7 Å². The summed E-state index contributed by atoms with van der Waals surface area (Å²) < 4.78 is 0. The fourth-order valence-electron chi connectivity index (χ4n) is 5.01. The number of aromatic amines is 1. The molecule has 2 heterocycles. The highest BCUT2D eigenvalue weighted by molar-refractivity contribution is 6.33. The van der Waals surface area contributed by atoms with Gasteiger partial charge in [-0.05, 0) is 60.2 Å². The minimum Gasteiger partial charge on any atom is -0.480 e. The van der Waals surface area contributed by atoms with Crippen molar-refractivity contribution in [3.05, 3.63) is 89.1 Å². The van der Waals surface area contributed by atoms with Crippen LogP contribution < -0.4 is 5.32 Å². The molecule has 3 aromatic carbocycles. The van der Waals surface area contributed by atoms with Gasteiger partial charge in [-0.25, -0.2) is 4.98 Å². The number of imidazole rings is 1. The highest BCUT2D eigenvalue weighted by atomic mass is 35.5. The lowest BCUT2D eigenvalue weighted by molar-refractivity contribution is -0.153. The Morgan fingerprint density at radius 1 is 1.05 bits per heavy atom. The quantitative estimate of drug-likeness (QED) is 0.280. The molecule has 0 saturated heterocycles. The molecule has 0 bridgehead atoms. The summed E-state index contributed by atoms with van der Waals surface area (Å²) in [6, 6.07) is 21.7. The average molecular weight is 513 g/mol. The summed E-state index contributed by atoms with van der Waals surface area (Å²) in [7, 11) is 0. The molecule has 1 aliphatic carbocycles. The molecule has 186 valence electrons. The molecule has 37 heavy (non-hydrogen) atoms. The largest absolute Gasteiger partial charge is 0.480 e. The highest BCUT2D eigenvalue weighted by Crippen LogP contribution is 2.48. The van der Waals surface area contributed by atoms with Crippen LogP contribution in [0.3, 0.4) is 0 Å². The number of rotatable bonds is 6. The van der Waals surface area contributed by atoms with Crippen molar-refractivity contribution in [2.24, 2.45) is 5.41 Å². The first-order chi connectivity index (χ1) is 17.9. The molecule has 4 aromatic rings. The molecule has 6 rings (SSSR count). The lowest BCUT2D eigenvalue weighted by Crippen LogP contribution is -2.43. The number of halogens is 1. The van der Waals surface area contributed by atoms with Crippen molar-refractivity contribution in [1.82, 2.24) is 14.9 Å². The van der Waals surface area contributed by atoms with Gasteiger partial charge < -0.3 is 20.3 Å². The summed E-state index contributed by atoms with van der Waals surface area (Å²) in [6.45, 7) is 0.916. The predicted octanol–water partition coefficient (Wildman–Crippen LogP) is 5.89. The van der Waals surface area contributed by atoms with Crippen LogP contribution in [0.2, 0.25) is 5.02 Å². The number of carbonyl (C=O) groups excluding carboxylic acids is 1. The molecule has 0 atom stereocenters. The number of carboxylic acids is 1. The van der Waals surface area contributed by atoms with Crippen molar-refractivity contribution < 1.29 is 14.7 Å². The molecule has 1 aliphatic heterocycles. The third-order valence-corrected chi connectivity index (χ3v) is 7.61. The number of aliphatic carboxylic acids is 1. The van der Waals surface area contributed by atoms with E-state index in [0.29, 0.717) is 43.2 Å². The Bertz CT molecular complexity index is 1510. The first-order valence-electron chi connectivity index (χ1n) is 12.3. The van der Waals surface area contributed by atoms with Crippen LogP contribution in [0.4, 0.5) is 11.4 Å². The minimum absolute atomic E-state index is 0.264. The van der Waals surface area contributed by atoms with Crippen molar-refractivity contribution in [2.75, 3.05) is 11.9 Å². The molecule has 1 saturated carbocycles. The van der Waals surface area contributed by atoms with E-state index in [1.54, 1.807) is 11.1 Å². The lowest BCUT2D eigenvalue weighted by atomic mass is 9.95. The Labute approximate surface area is 219 Å². The van der Waals surface area contributed by atoms with Gasteiger partial charge in [0, 0.05) is 30.0 Å². The summed E-state index contributed by atoms with van der Waals surface area (Å²) in [5.41, 5.74) is 5.53. The van der Waals surface area contributed by atoms with E-state index in [4.69, 9.17) is 11.6 Å². The molecular weight excluding hydrogens is 488 g/mol. The van der Waals surface area contributed by atoms with E-state index in [1.165, 1.54) is 0 Å². The van der Waals surface area contributed by atoms with Crippen LogP contribution in [0, 0.1) is 5.41 Å². The van der Waals surface area contributed by atoms with Crippen molar-refractivity contribution in [2.45, 2.75) is 25.8 Å². The second kappa shape index (κ2) is 9.09. The molecule has 0 spiro atoms. The fraction of sp³-hybridized carbons (Fsp3) is 0.207. The lowest BCUT2D eigenvalue weighted by Gasteiger charge is -2.32. The monoisotopic (exact) mass is 512 g/mol. The van der Waals surface area contributed by atoms with Gasteiger partial charge in [0.25, 0.3) is 0 Å². The molecule has 3 N–H and O–H groups in total. The molecule has 0 radical (unpaired) electrons. The van der Waals surface area contributed by atoms with E-state index < -0.39 is 11.4 Å². The third-order valence-electron chi connectivity index (χ3n) is 7.28. The maximum Gasteiger partial charge on any atom is 0.319 e. The number of carboxylic acid groups (broad SMARTS) is 1. The Hall–Kier alpha value is -4.10. The number of amides is 1. The van der Waals surface area contributed by atoms with Gasteiger partial charge in [-0.15, -0.1) is 0 Å². The molecular formula is C29H25ClN4O3. The standard InChI is InChI=1S/C29H25ClN4O3/c30-23-10-9-20(15-22(23)26-31-16-25(33-26)18-5-2-1-3-6-18)32-24-8-4-7-19-17-34(14-11-21(19)24)27(35)29(12-13-29)28(36)37/h1-10,15-16,32H,11-14,17H2,(H,31,33)(H,36,37). The summed E-state index contributed by atoms with van der Waals surface area (Å²) in [4.78, 5) is 34.2. The van der Waals surface area contributed by atoms with Crippen LogP contribution in [0.25, 0.3) is 22.6 Å². The number of benzene rings is 3. The zero-order valence-electron chi connectivity index (χ0n) is 20.0. The Morgan fingerprint density at radius 3 is 2.62 bits per heavy atom. The predicted molar refractivity (Wildman–Crippen MR) is 143 cm³/mol. The number of aromatic nitrogens is 2. The second-order valence-electron chi connectivity index (χ2n) is 9.64. The van der Waals surface area contributed by atoms with Gasteiger partial charge in [0.05, 0.1) is 16.9 Å². The van der Waals surface area contributed by atoms with E-state index >= 15 is 0 Å². The summed E-state index contributed by atoms with van der Waals surface area (Å²) in [5, 5.41) is 13.6. The van der Waals surface area contributed by atoms with E-state index in [2.05, 4.69) is 15.3 Å². The Morgan fingerprint density at radius 2 is 1.86 bits per heavy atom. The second-order valence-corrected chi connectivity index (χ2v) is 10.0. The number of nitrogens with zero attached hydrogens (tertiary/aromatic N) is 2. The van der Waals surface area contributed by atoms with E-state index in [0.717, 1.165) is 39.3 Å². The van der Waals surface area contributed by atoms with E-state index in [-0.39, 0.29) is 5.91 Å². The van der Waals surface area contributed by atoms with Crippen LogP contribution >= 0.6 is 11.6 Å². The SMILES string of the molecule is O=C(O)C1(C(=O)N2CCc3c(cccc3Nc3ccc(Cl)c(-c4ncc(-c5ccccc5)[nH]4)c3)C2)CC1. The number of anilines is 2. The molecule has 7 nitrogen and oxygen atoms in total. The summed E-state index contributed by atoms with van der Waals surface area (Å²) >= 11 is 6.55. The highest BCUT2D eigenvalue weighted by Gasteiger charge is 2.58. The van der Waals surface area contributed by atoms with Crippen molar-refractivity contribution in [3.63, 3.8) is 0 Å². The molecule has 2 aliphatic rings. The maximum absolute atomic E-state index is 12.9. The van der Waals surface area contributed by atoms with Gasteiger partial charge >= 0.3 is 5.97 Å². The van der Waals surface area contributed by atoms with Crippen LogP contribution in [0.5, 0.6) is 0 Å². The normalized spacial score (nSPS) is 15.6. The molecule has 1 fully saturated rings. The number of carbonyl (C=O) groups is 2. The zero-order chi connectivity index (χ0) is 25.6. The zero-order valence-corrected chi connectivity index (χ0v) is 20.8. The van der Waals surface area contributed by atoms with E-state index in [1.807, 2.05) is 66.7 Å². The summed E-state index contributed by atoms with van der Waals surface area (Å²) in [5.74, 6) is -0.589. The van der Waals surface area contributed by atoms with Crippen molar-refractivity contribution in [3.8, 4) is 22.6 Å². The number of nitrogens with one attached hydrogen (secondary N) is 2. The Balaban J connectivity index is 1.24. The van der Waals surface area contributed by atoms with Gasteiger partial charge in [0.1, 0.15) is 11.2 Å². The van der Waals surface area contributed by atoms with Gasteiger partial charge in [0.15, 0.2) is 0 Å². The van der Waals surface area contributed by atoms with Crippen molar-refractivity contribution >= 4 is 34.9 Å². The maximum atomic E-state index is 12.9. The van der Waals surface area contributed by atoms with Gasteiger partial charge in [-0.2, -0.15) is 0 Å². The molecule has 0 unspecified atom stereocenters. The van der Waals surface area contributed by atoms with Crippen LogP contribution in [-0.2, 0) is 22.6 Å².